The Morgan fingerprint density at radius 3 is 2.04 bits per heavy atom. The highest BCUT2D eigenvalue weighted by molar-refractivity contribution is 7.92. The Morgan fingerprint density at radius 1 is 0.844 bits per heavy atom. The van der Waals surface area contributed by atoms with Gasteiger partial charge in [-0.05, 0) is 53.4 Å². The summed E-state index contributed by atoms with van der Waals surface area (Å²) in [4.78, 5) is 29.2. The van der Waals surface area contributed by atoms with Gasteiger partial charge in [0.05, 0.1) is 11.9 Å². The molecule has 10 heteroatoms. The highest BCUT2D eigenvalue weighted by Gasteiger charge is 2.33. The molecule has 0 saturated carbocycles. The molecule has 4 aromatic rings. The van der Waals surface area contributed by atoms with E-state index in [1.54, 1.807) is 48.5 Å². The van der Waals surface area contributed by atoms with Crippen LogP contribution in [0, 0.1) is 0 Å². The van der Waals surface area contributed by atoms with Gasteiger partial charge in [-0.3, -0.25) is 13.9 Å². The zero-order valence-corrected chi connectivity index (χ0v) is 27.0. The van der Waals surface area contributed by atoms with Gasteiger partial charge in [0.15, 0.2) is 0 Å². The maximum absolute atomic E-state index is 14.2. The smallest absolute Gasteiger partial charge is 0.244 e. The largest absolute Gasteiger partial charge is 0.489 e. The molecule has 0 aliphatic rings. The molecule has 0 radical (unpaired) electrons. The van der Waals surface area contributed by atoms with Crippen LogP contribution < -0.4 is 14.4 Å². The number of amides is 2. The highest BCUT2D eigenvalue weighted by Crippen LogP contribution is 2.25. The average molecular weight is 648 g/mol. The van der Waals surface area contributed by atoms with E-state index in [1.807, 2.05) is 67.6 Å². The number of nitrogens with one attached hydrogen (secondary N) is 1. The number of nitrogens with zero attached hydrogens (tertiary/aromatic N) is 2. The monoisotopic (exact) mass is 647 g/mol. The Morgan fingerprint density at radius 2 is 1.44 bits per heavy atom. The maximum atomic E-state index is 14.2. The predicted molar refractivity (Wildman–Crippen MR) is 179 cm³/mol. The first-order chi connectivity index (χ1) is 21.7. The molecule has 0 saturated heterocycles. The molecule has 0 heterocycles. The van der Waals surface area contributed by atoms with Crippen molar-refractivity contribution >= 4 is 39.1 Å². The average Bonchev–Trinajstić information content (AvgIpc) is 3.04. The fraction of sp³-hybridized carbons (Fsp3) is 0.257. The Hall–Kier alpha value is -4.34. The molecule has 4 aromatic carbocycles. The lowest BCUT2D eigenvalue weighted by Crippen LogP contribution is -2.53. The molecule has 8 nitrogen and oxygen atoms in total. The topological polar surface area (TPSA) is 96.0 Å². The van der Waals surface area contributed by atoms with Crippen LogP contribution in [-0.4, -0.2) is 50.5 Å². The number of hydrogen-bond donors (Lipinski definition) is 1. The van der Waals surface area contributed by atoms with E-state index in [0.29, 0.717) is 35.2 Å². The van der Waals surface area contributed by atoms with Gasteiger partial charge in [0, 0.05) is 24.5 Å². The third-order valence-corrected chi connectivity index (χ3v) is 8.68. The SMILES string of the molecule is CCCNC(=O)C(Cc1ccccc1)N(Cc1ccccc1Cl)C(=O)CN(c1ccc(OCc2ccccc2)cc1)S(C)(=O)=O. The van der Waals surface area contributed by atoms with Gasteiger partial charge in [-0.25, -0.2) is 8.42 Å². The Balaban J connectivity index is 1.64. The summed E-state index contributed by atoms with van der Waals surface area (Å²) in [5.74, 6) is -0.317. The molecule has 2 amide bonds. The molecule has 1 unspecified atom stereocenters. The van der Waals surface area contributed by atoms with Crippen molar-refractivity contribution in [2.75, 3.05) is 23.7 Å². The summed E-state index contributed by atoms with van der Waals surface area (Å²) in [5.41, 5.74) is 2.79. The number of carbonyl (C=O) groups is 2. The van der Waals surface area contributed by atoms with Crippen LogP contribution in [0.1, 0.15) is 30.0 Å². The highest BCUT2D eigenvalue weighted by atomic mass is 35.5. The van der Waals surface area contributed by atoms with Crippen LogP contribution in [0.15, 0.2) is 109 Å². The third kappa shape index (κ3) is 9.83. The number of benzene rings is 4. The van der Waals surface area contributed by atoms with Gasteiger partial charge < -0.3 is 15.0 Å². The predicted octanol–water partition coefficient (Wildman–Crippen LogP) is 5.85. The number of anilines is 1. The van der Waals surface area contributed by atoms with Crippen molar-refractivity contribution in [3.05, 3.63) is 131 Å². The number of rotatable bonds is 15. The molecular weight excluding hydrogens is 610 g/mol. The van der Waals surface area contributed by atoms with Crippen LogP contribution in [0.5, 0.6) is 5.75 Å². The van der Waals surface area contributed by atoms with E-state index >= 15 is 0 Å². The molecule has 0 aromatic heterocycles. The van der Waals surface area contributed by atoms with E-state index in [1.165, 1.54) is 4.90 Å². The van der Waals surface area contributed by atoms with E-state index in [2.05, 4.69) is 5.32 Å². The van der Waals surface area contributed by atoms with E-state index < -0.39 is 28.5 Å². The van der Waals surface area contributed by atoms with Crippen LogP contribution in [0.2, 0.25) is 5.02 Å². The van der Waals surface area contributed by atoms with Crippen molar-refractivity contribution in [2.24, 2.45) is 0 Å². The van der Waals surface area contributed by atoms with Gasteiger partial charge in [0.2, 0.25) is 21.8 Å². The summed E-state index contributed by atoms with van der Waals surface area (Å²) >= 11 is 6.50. The summed E-state index contributed by atoms with van der Waals surface area (Å²) in [6.45, 7) is 2.24. The van der Waals surface area contributed by atoms with Gasteiger partial charge in [-0.15, -0.1) is 0 Å². The quantitative estimate of drug-likeness (QED) is 0.175. The second-order valence-electron chi connectivity index (χ2n) is 10.6. The fourth-order valence-electron chi connectivity index (χ4n) is 4.79. The first-order valence-corrected chi connectivity index (χ1v) is 17.0. The molecule has 0 fully saturated rings. The fourth-order valence-corrected chi connectivity index (χ4v) is 5.84. The van der Waals surface area contributed by atoms with Crippen LogP contribution in [0.4, 0.5) is 5.69 Å². The second-order valence-corrected chi connectivity index (χ2v) is 13.0. The van der Waals surface area contributed by atoms with Crippen molar-refractivity contribution in [1.29, 1.82) is 0 Å². The van der Waals surface area contributed by atoms with Crippen molar-refractivity contribution in [2.45, 2.75) is 39.0 Å². The van der Waals surface area contributed by atoms with Gasteiger partial charge in [-0.2, -0.15) is 0 Å². The molecule has 0 spiro atoms. The first-order valence-electron chi connectivity index (χ1n) is 14.7. The zero-order valence-electron chi connectivity index (χ0n) is 25.4. The Labute approximate surface area is 270 Å². The van der Waals surface area contributed by atoms with Crippen molar-refractivity contribution in [1.82, 2.24) is 10.2 Å². The number of halogens is 1. The van der Waals surface area contributed by atoms with Crippen molar-refractivity contribution in [3.63, 3.8) is 0 Å². The molecule has 45 heavy (non-hydrogen) atoms. The minimum atomic E-state index is -3.90. The third-order valence-electron chi connectivity index (χ3n) is 7.17. The van der Waals surface area contributed by atoms with Crippen molar-refractivity contribution in [3.8, 4) is 5.75 Å². The van der Waals surface area contributed by atoms with Crippen molar-refractivity contribution < 1.29 is 22.7 Å². The van der Waals surface area contributed by atoms with Gasteiger partial charge in [0.25, 0.3) is 0 Å². The Kier molecular flexibility index (Phi) is 12.0. The number of ether oxygens (including phenoxy) is 1. The van der Waals surface area contributed by atoms with Gasteiger partial charge in [0.1, 0.15) is 24.9 Å². The molecule has 0 aliphatic carbocycles. The van der Waals surface area contributed by atoms with Gasteiger partial charge in [-0.1, -0.05) is 97.4 Å². The van der Waals surface area contributed by atoms with Crippen LogP contribution in [0.3, 0.4) is 0 Å². The summed E-state index contributed by atoms with van der Waals surface area (Å²) in [6.07, 6.45) is 2.00. The summed E-state index contributed by atoms with van der Waals surface area (Å²) in [5, 5.41) is 3.36. The Bertz CT molecular complexity index is 1650. The molecule has 0 aliphatic heterocycles. The molecule has 1 N–H and O–H groups in total. The molecule has 4 rings (SSSR count). The van der Waals surface area contributed by atoms with Crippen LogP contribution in [-0.2, 0) is 39.2 Å². The lowest BCUT2D eigenvalue weighted by Gasteiger charge is -2.33. The molecule has 236 valence electrons. The van der Waals surface area contributed by atoms with E-state index in [-0.39, 0.29) is 18.9 Å². The molecular formula is C35H38ClN3O5S. The minimum Gasteiger partial charge on any atom is -0.489 e. The summed E-state index contributed by atoms with van der Waals surface area (Å²) < 4.78 is 33.0. The van der Waals surface area contributed by atoms with E-state index in [0.717, 1.165) is 28.1 Å². The summed E-state index contributed by atoms with van der Waals surface area (Å²) in [7, 11) is -3.90. The van der Waals surface area contributed by atoms with Crippen LogP contribution in [0.25, 0.3) is 0 Å². The van der Waals surface area contributed by atoms with Crippen LogP contribution >= 0.6 is 11.6 Å². The maximum Gasteiger partial charge on any atom is 0.244 e. The minimum absolute atomic E-state index is 0.0133. The standard InChI is InChI=1S/C35H38ClN3O5S/c1-3-22-37-35(41)33(23-27-12-6-4-7-13-27)38(24-29-16-10-11-17-32(29)36)34(40)25-39(45(2,42)43)30-18-20-31(21-19-30)44-26-28-14-8-5-9-15-28/h4-21,33H,3,22-26H2,1-2H3,(H,37,41). The normalized spacial score (nSPS) is 11.8. The zero-order chi connectivity index (χ0) is 32.2. The number of sulfonamides is 1. The summed E-state index contributed by atoms with van der Waals surface area (Å²) in [6, 6.07) is 31.8. The van der Waals surface area contributed by atoms with E-state index in [9.17, 15) is 18.0 Å². The number of carbonyl (C=O) groups excluding carboxylic acids is 2. The molecule has 1 atom stereocenters. The first kappa shape index (κ1) is 33.6. The van der Waals surface area contributed by atoms with Gasteiger partial charge >= 0.3 is 0 Å². The lowest BCUT2D eigenvalue weighted by molar-refractivity contribution is -0.140. The van der Waals surface area contributed by atoms with E-state index in [4.69, 9.17) is 16.3 Å². The second kappa shape index (κ2) is 16.1. The number of hydrogen-bond acceptors (Lipinski definition) is 5. The lowest BCUT2D eigenvalue weighted by atomic mass is 10.0. The molecule has 0 bridgehead atoms.